The van der Waals surface area contributed by atoms with Crippen molar-refractivity contribution < 1.29 is 9.59 Å². The maximum atomic E-state index is 11.6. The second-order valence-electron chi connectivity index (χ2n) is 3.75. The van der Waals surface area contributed by atoms with Crippen LogP contribution >= 0.6 is 0 Å². The van der Waals surface area contributed by atoms with Gasteiger partial charge in [-0.15, -0.1) is 5.10 Å². The summed E-state index contributed by atoms with van der Waals surface area (Å²) in [5.74, 6) is -0.573. The molecule has 0 saturated heterocycles. The molecule has 0 aliphatic carbocycles. The van der Waals surface area contributed by atoms with Crippen molar-refractivity contribution in [1.82, 2.24) is 25.2 Å². The molecule has 8 heteroatoms. The molecule has 0 aliphatic heterocycles. The molecule has 1 heterocycles. The minimum atomic E-state index is -0.420. The molecule has 0 atom stereocenters. The van der Waals surface area contributed by atoms with E-state index in [0.717, 1.165) is 0 Å². The second-order valence-corrected chi connectivity index (χ2v) is 3.75. The topological polar surface area (TPSA) is 106 Å². The Balaban J connectivity index is 2.47. The molecule has 0 aliphatic rings. The fourth-order valence-electron chi connectivity index (χ4n) is 1.20. The van der Waals surface area contributed by atoms with Crippen LogP contribution in [0.1, 0.15) is 17.4 Å². The van der Waals surface area contributed by atoms with Crippen LogP contribution in [0.3, 0.4) is 0 Å². The summed E-state index contributed by atoms with van der Waals surface area (Å²) in [4.78, 5) is 24.6. The maximum absolute atomic E-state index is 11.6. The number of carbonyl (C=O) groups is 2. The number of amides is 2. The smallest absolute Gasteiger partial charge is 0.273 e. The van der Waals surface area contributed by atoms with Gasteiger partial charge in [-0.25, -0.2) is 0 Å². The minimum Gasteiger partial charge on any atom is -0.345 e. The molecule has 0 saturated carbocycles. The van der Waals surface area contributed by atoms with Crippen LogP contribution in [0.5, 0.6) is 0 Å². The van der Waals surface area contributed by atoms with Gasteiger partial charge in [0.15, 0.2) is 5.69 Å². The molecule has 8 nitrogen and oxygen atoms in total. The van der Waals surface area contributed by atoms with E-state index in [9.17, 15) is 9.59 Å². The van der Waals surface area contributed by atoms with Crippen molar-refractivity contribution in [2.45, 2.75) is 13.5 Å². The molecule has 1 aromatic heterocycles. The molecule has 0 radical (unpaired) electrons. The molecule has 1 aromatic rings. The maximum Gasteiger partial charge on any atom is 0.273 e. The Morgan fingerprint density at radius 3 is 2.89 bits per heavy atom. The van der Waals surface area contributed by atoms with E-state index in [2.05, 4.69) is 15.6 Å². The molecular weight excluding hydrogens is 236 g/mol. The Morgan fingerprint density at radius 1 is 1.56 bits per heavy atom. The van der Waals surface area contributed by atoms with E-state index in [0.29, 0.717) is 19.6 Å². The molecular formula is C10H18N6O2. The molecule has 0 bridgehead atoms. The van der Waals surface area contributed by atoms with Gasteiger partial charge in [0, 0.05) is 20.1 Å². The van der Waals surface area contributed by atoms with Crippen LogP contribution in [-0.4, -0.2) is 58.4 Å². The lowest BCUT2D eigenvalue weighted by Crippen LogP contribution is -2.38. The highest BCUT2D eigenvalue weighted by Gasteiger charge is 2.13. The molecule has 100 valence electrons. The van der Waals surface area contributed by atoms with Gasteiger partial charge in [-0.3, -0.25) is 14.3 Å². The molecule has 0 fully saturated rings. The van der Waals surface area contributed by atoms with Crippen LogP contribution < -0.4 is 11.1 Å². The number of carbonyl (C=O) groups excluding carboxylic acids is 2. The number of aromatic nitrogens is 3. The number of nitrogens with two attached hydrogens (primary N) is 1. The monoisotopic (exact) mass is 254 g/mol. The van der Waals surface area contributed by atoms with Crippen LogP contribution in [0.2, 0.25) is 0 Å². The first kappa shape index (κ1) is 14.1. The third kappa shape index (κ3) is 3.81. The molecule has 2 amide bonds. The third-order valence-corrected chi connectivity index (χ3v) is 2.43. The van der Waals surface area contributed by atoms with E-state index < -0.39 is 5.91 Å². The van der Waals surface area contributed by atoms with Gasteiger partial charge in [0.2, 0.25) is 5.91 Å². The van der Waals surface area contributed by atoms with Gasteiger partial charge in [0.1, 0.15) is 0 Å². The average molecular weight is 254 g/mol. The summed E-state index contributed by atoms with van der Waals surface area (Å²) in [6, 6.07) is 0. The Labute approximate surface area is 105 Å². The zero-order valence-electron chi connectivity index (χ0n) is 10.6. The molecule has 18 heavy (non-hydrogen) atoms. The summed E-state index contributed by atoms with van der Waals surface area (Å²) >= 11 is 0. The number of nitrogens with zero attached hydrogens (tertiary/aromatic N) is 4. The lowest BCUT2D eigenvalue weighted by Gasteiger charge is -2.14. The largest absolute Gasteiger partial charge is 0.345 e. The third-order valence-electron chi connectivity index (χ3n) is 2.43. The van der Waals surface area contributed by atoms with Gasteiger partial charge < -0.3 is 16.0 Å². The first-order chi connectivity index (χ1) is 8.58. The van der Waals surface area contributed by atoms with Crippen LogP contribution in [0, 0.1) is 0 Å². The van der Waals surface area contributed by atoms with Gasteiger partial charge in [0.25, 0.3) is 5.91 Å². The highest BCUT2D eigenvalue weighted by molar-refractivity contribution is 5.94. The second kappa shape index (κ2) is 6.70. The Morgan fingerprint density at radius 2 is 2.28 bits per heavy atom. The van der Waals surface area contributed by atoms with Gasteiger partial charge in [0.05, 0.1) is 19.3 Å². The minimum absolute atomic E-state index is 0.0487. The van der Waals surface area contributed by atoms with Crippen molar-refractivity contribution in [2.75, 3.05) is 26.7 Å². The van der Waals surface area contributed by atoms with Gasteiger partial charge in [-0.1, -0.05) is 5.21 Å². The molecule has 0 unspecified atom stereocenters. The average Bonchev–Trinajstić information content (AvgIpc) is 2.83. The lowest BCUT2D eigenvalue weighted by molar-refractivity contribution is -0.128. The highest BCUT2D eigenvalue weighted by Crippen LogP contribution is 1.93. The number of likely N-dealkylation sites (N-methyl/N-ethyl adjacent to an activating group) is 1. The molecule has 0 aromatic carbocycles. The van der Waals surface area contributed by atoms with Crippen molar-refractivity contribution >= 4 is 11.8 Å². The highest BCUT2D eigenvalue weighted by atomic mass is 16.2. The van der Waals surface area contributed by atoms with E-state index in [1.54, 1.807) is 7.05 Å². The predicted octanol–water partition coefficient (Wildman–Crippen LogP) is -1.56. The molecule has 1 rings (SSSR count). The number of rotatable bonds is 6. The van der Waals surface area contributed by atoms with E-state index in [4.69, 9.17) is 5.73 Å². The quantitative estimate of drug-likeness (QED) is 0.639. The van der Waals surface area contributed by atoms with Crippen LogP contribution in [0.25, 0.3) is 0 Å². The summed E-state index contributed by atoms with van der Waals surface area (Å²) in [6.07, 6.45) is 1.50. The van der Waals surface area contributed by atoms with Crippen molar-refractivity contribution in [3.8, 4) is 0 Å². The van der Waals surface area contributed by atoms with E-state index in [1.807, 2.05) is 6.92 Å². The summed E-state index contributed by atoms with van der Waals surface area (Å²) in [5.41, 5.74) is 5.53. The van der Waals surface area contributed by atoms with Crippen LogP contribution in [0.4, 0.5) is 0 Å². The van der Waals surface area contributed by atoms with Gasteiger partial charge in [-0.05, 0) is 6.92 Å². The first-order valence-corrected chi connectivity index (χ1v) is 5.70. The summed E-state index contributed by atoms with van der Waals surface area (Å²) in [5, 5.41) is 9.93. The van der Waals surface area contributed by atoms with Crippen molar-refractivity contribution in [1.29, 1.82) is 0 Å². The van der Waals surface area contributed by atoms with E-state index in [-0.39, 0.29) is 18.1 Å². The molecule has 0 spiro atoms. The normalized spacial score (nSPS) is 10.2. The van der Waals surface area contributed by atoms with Crippen LogP contribution in [0.15, 0.2) is 6.20 Å². The summed E-state index contributed by atoms with van der Waals surface area (Å²) in [7, 11) is 1.67. The lowest BCUT2D eigenvalue weighted by atomic mass is 10.4. The zero-order chi connectivity index (χ0) is 13.5. The number of hydrogen-bond donors (Lipinski definition) is 2. The Bertz CT molecular complexity index is 416. The van der Waals surface area contributed by atoms with Gasteiger partial charge >= 0.3 is 0 Å². The Kier molecular flexibility index (Phi) is 5.25. The Hall–Kier alpha value is -1.96. The summed E-state index contributed by atoms with van der Waals surface area (Å²) < 4.78 is 1.48. The fraction of sp³-hybridized carbons (Fsp3) is 0.600. The van der Waals surface area contributed by atoms with E-state index >= 15 is 0 Å². The SMILES string of the molecule is CCN(C)C(=O)CNC(=O)c1cn(CCN)nn1. The molecule has 3 N–H and O–H groups in total. The number of nitrogens with one attached hydrogen (secondary N) is 1. The van der Waals surface area contributed by atoms with Gasteiger partial charge in [-0.2, -0.15) is 0 Å². The first-order valence-electron chi connectivity index (χ1n) is 5.70. The fourth-order valence-corrected chi connectivity index (χ4v) is 1.20. The standard InChI is InChI=1S/C10H18N6O2/c1-3-15(2)9(17)6-12-10(18)8-7-16(5-4-11)14-13-8/h7H,3-6,11H2,1-2H3,(H,12,18). The van der Waals surface area contributed by atoms with Crippen molar-refractivity contribution in [2.24, 2.45) is 5.73 Å². The zero-order valence-corrected chi connectivity index (χ0v) is 10.6. The van der Waals surface area contributed by atoms with E-state index in [1.165, 1.54) is 15.8 Å². The van der Waals surface area contributed by atoms with Crippen LogP contribution in [-0.2, 0) is 11.3 Å². The predicted molar refractivity (Wildman–Crippen MR) is 64.7 cm³/mol. The summed E-state index contributed by atoms with van der Waals surface area (Å²) in [6.45, 7) is 3.33. The number of hydrogen-bond acceptors (Lipinski definition) is 5. The van der Waals surface area contributed by atoms with Crippen molar-refractivity contribution in [3.63, 3.8) is 0 Å². The van der Waals surface area contributed by atoms with Crippen molar-refractivity contribution in [3.05, 3.63) is 11.9 Å².